The molecular weight excluding hydrogens is 471 g/mol. The quantitative estimate of drug-likeness (QED) is 0.525. The molecule has 0 radical (unpaired) electrons. The molecule has 1 aliphatic heterocycles. The van der Waals surface area contributed by atoms with E-state index in [-0.39, 0.29) is 34.9 Å². The first kappa shape index (κ1) is 25.0. The van der Waals surface area contributed by atoms with E-state index in [9.17, 15) is 18.3 Å². The maximum atomic E-state index is 12.8. The first-order chi connectivity index (χ1) is 16.8. The molecule has 0 amide bonds. The molecule has 1 aromatic heterocycles. The van der Waals surface area contributed by atoms with E-state index >= 15 is 0 Å². The average Bonchev–Trinajstić information content (AvgIpc) is 3.42. The first-order valence-corrected chi connectivity index (χ1v) is 12.6. The Hall–Kier alpha value is -2.62. The monoisotopic (exact) mass is 505 g/mol. The van der Waals surface area contributed by atoms with Crippen LogP contribution in [-0.4, -0.2) is 51.9 Å². The Morgan fingerprint density at radius 2 is 1.89 bits per heavy atom. The van der Waals surface area contributed by atoms with Gasteiger partial charge in [0.05, 0.1) is 12.1 Å². The van der Waals surface area contributed by atoms with E-state index in [1.807, 2.05) is 39.8 Å². The highest BCUT2D eigenvalue weighted by molar-refractivity contribution is 6.06. The van der Waals surface area contributed by atoms with Crippen LogP contribution in [-0.2, 0) is 0 Å². The second-order valence-electron chi connectivity index (χ2n) is 11.7. The third kappa shape index (κ3) is 5.10. The average molecular weight is 506 g/mol. The van der Waals surface area contributed by atoms with Crippen molar-refractivity contribution in [1.29, 1.82) is 0 Å². The molecule has 3 aliphatic carbocycles. The van der Waals surface area contributed by atoms with Crippen molar-refractivity contribution in [2.45, 2.75) is 84.2 Å². The van der Waals surface area contributed by atoms with Gasteiger partial charge in [-0.1, -0.05) is 37.5 Å². The van der Waals surface area contributed by atoms with Gasteiger partial charge in [0.1, 0.15) is 12.3 Å². The zero-order chi connectivity index (χ0) is 25.9. The van der Waals surface area contributed by atoms with Gasteiger partial charge < -0.3 is 20.2 Å². The molecular formula is C26H34F3N5O2. The van der Waals surface area contributed by atoms with Gasteiger partial charge in [-0.15, -0.1) is 5.10 Å². The molecule has 10 heteroatoms. The van der Waals surface area contributed by atoms with Crippen LogP contribution in [0.4, 0.5) is 19.2 Å². The molecule has 7 nitrogen and oxygen atoms in total. The van der Waals surface area contributed by atoms with Crippen LogP contribution in [0.3, 0.4) is 0 Å². The number of aromatic nitrogens is 2. The molecule has 0 bridgehead atoms. The largest absolute Gasteiger partial charge is 0.405 e. The molecule has 5 rings (SSSR count). The Kier molecular flexibility index (Phi) is 6.08. The highest BCUT2D eigenvalue weighted by Gasteiger charge is 2.51. The maximum Gasteiger partial charge on any atom is 0.405 e. The summed E-state index contributed by atoms with van der Waals surface area (Å²) < 4.78 is 44.3. The van der Waals surface area contributed by atoms with E-state index < -0.39 is 12.7 Å². The summed E-state index contributed by atoms with van der Waals surface area (Å²) in [6.07, 6.45) is 5.71. The van der Waals surface area contributed by atoms with Crippen molar-refractivity contribution in [2.75, 3.05) is 11.9 Å². The van der Waals surface area contributed by atoms with E-state index in [1.165, 1.54) is 0 Å². The molecule has 1 spiro atoms. The Morgan fingerprint density at radius 1 is 1.14 bits per heavy atom. The van der Waals surface area contributed by atoms with E-state index in [2.05, 4.69) is 20.8 Å². The lowest BCUT2D eigenvalue weighted by molar-refractivity contribution is -0.123. The van der Waals surface area contributed by atoms with Crippen molar-refractivity contribution in [3.05, 3.63) is 41.0 Å². The van der Waals surface area contributed by atoms with Gasteiger partial charge in [0.2, 0.25) is 0 Å². The minimum atomic E-state index is -4.30. The maximum absolute atomic E-state index is 12.8. The summed E-state index contributed by atoms with van der Waals surface area (Å²) in [7, 11) is 0. The standard InChI is InChI=1S/C26H34F3N5O2/c1-14-9-19(22-33-34-23(36-22)31-15-5-6-25(7-8-25)20(35)12-15)32-21-17(14)10-16(30-13-26(27,28)29)11-18(21)24(2,3)4/h9-11,15,17,20-21,30,35H,5-8,12-13H2,1-4H3,(H,31,34). The van der Waals surface area contributed by atoms with Crippen LogP contribution >= 0.6 is 0 Å². The van der Waals surface area contributed by atoms with Gasteiger partial charge in [0.15, 0.2) is 0 Å². The third-order valence-corrected chi connectivity index (χ3v) is 7.93. The molecule has 4 unspecified atom stereocenters. The van der Waals surface area contributed by atoms with Gasteiger partial charge in [-0.05, 0) is 67.6 Å². The molecule has 0 saturated heterocycles. The number of halogens is 3. The molecule has 36 heavy (non-hydrogen) atoms. The number of dihydropyridines is 1. The number of hydrogen-bond acceptors (Lipinski definition) is 7. The zero-order valence-corrected chi connectivity index (χ0v) is 21.1. The number of aliphatic hydroxyl groups excluding tert-OH is 1. The third-order valence-electron chi connectivity index (χ3n) is 7.93. The second-order valence-corrected chi connectivity index (χ2v) is 11.7. The fraction of sp³-hybridized carbons (Fsp3) is 0.654. The number of allylic oxidation sites excluding steroid dienone is 2. The Bertz CT molecular complexity index is 1140. The van der Waals surface area contributed by atoms with Gasteiger partial charge in [-0.3, -0.25) is 4.99 Å². The molecule has 2 heterocycles. The van der Waals surface area contributed by atoms with Crippen LogP contribution in [0.5, 0.6) is 0 Å². The lowest BCUT2D eigenvalue weighted by atomic mass is 9.72. The lowest BCUT2D eigenvalue weighted by Crippen LogP contribution is -2.37. The van der Waals surface area contributed by atoms with Gasteiger partial charge in [-0.25, -0.2) is 0 Å². The van der Waals surface area contributed by atoms with Crippen LogP contribution < -0.4 is 10.6 Å². The predicted molar refractivity (Wildman–Crippen MR) is 130 cm³/mol. The fourth-order valence-electron chi connectivity index (χ4n) is 5.60. The van der Waals surface area contributed by atoms with Crippen LogP contribution in [0.1, 0.15) is 65.7 Å². The number of nitrogens with one attached hydrogen (secondary N) is 2. The van der Waals surface area contributed by atoms with Gasteiger partial charge in [-0.2, -0.15) is 13.2 Å². The predicted octanol–water partition coefficient (Wildman–Crippen LogP) is 4.93. The summed E-state index contributed by atoms with van der Waals surface area (Å²) in [6, 6.07) is 0.113. The van der Waals surface area contributed by atoms with E-state index in [1.54, 1.807) is 6.08 Å². The number of aliphatic hydroxyl groups is 1. The molecule has 4 atom stereocenters. The second kappa shape index (κ2) is 8.75. The summed E-state index contributed by atoms with van der Waals surface area (Å²) in [4.78, 5) is 4.93. The summed E-state index contributed by atoms with van der Waals surface area (Å²) in [6.45, 7) is 6.96. The molecule has 1 aromatic rings. The van der Waals surface area contributed by atoms with Crippen molar-refractivity contribution in [3.63, 3.8) is 0 Å². The summed E-state index contributed by atoms with van der Waals surface area (Å²) in [5.74, 6) is 0.131. The molecule has 4 aliphatic rings. The minimum absolute atomic E-state index is 0.0796. The zero-order valence-electron chi connectivity index (χ0n) is 21.1. The van der Waals surface area contributed by atoms with E-state index in [4.69, 9.17) is 9.41 Å². The van der Waals surface area contributed by atoms with Crippen LogP contribution in [0.15, 0.2) is 44.5 Å². The number of hydrogen-bond donors (Lipinski definition) is 3. The highest BCUT2D eigenvalue weighted by atomic mass is 19.4. The number of rotatable bonds is 5. The number of fused-ring (bicyclic) bond motifs is 1. The summed E-state index contributed by atoms with van der Waals surface area (Å²) >= 11 is 0. The molecule has 0 aromatic carbocycles. The molecule has 2 fully saturated rings. The van der Waals surface area contributed by atoms with E-state index in [0.29, 0.717) is 29.7 Å². The van der Waals surface area contributed by atoms with Crippen LogP contribution in [0.2, 0.25) is 0 Å². The van der Waals surface area contributed by atoms with Gasteiger partial charge in [0.25, 0.3) is 5.89 Å². The van der Waals surface area contributed by atoms with Gasteiger partial charge in [0, 0.05) is 17.7 Å². The van der Waals surface area contributed by atoms with Crippen LogP contribution in [0, 0.1) is 16.7 Å². The summed E-state index contributed by atoms with van der Waals surface area (Å²) in [5, 5.41) is 24.6. The fourth-order valence-corrected chi connectivity index (χ4v) is 5.60. The Balaban J connectivity index is 1.34. The topological polar surface area (TPSA) is 95.6 Å². The van der Waals surface area contributed by atoms with E-state index in [0.717, 1.165) is 36.8 Å². The smallest absolute Gasteiger partial charge is 0.402 e. The van der Waals surface area contributed by atoms with Crippen molar-refractivity contribution in [3.8, 4) is 0 Å². The minimum Gasteiger partial charge on any atom is -0.402 e. The molecule has 196 valence electrons. The summed E-state index contributed by atoms with van der Waals surface area (Å²) in [5.41, 5.74) is 2.75. The number of nitrogens with zero attached hydrogens (tertiary/aromatic N) is 3. The van der Waals surface area contributed by atoms with Crippen LogP contribution in [0.25, 0.3) is 0 Å². The number of anilines is 1. The van der Waals surface area contributed by atoms with Crippen molar-refractivity contribution >= 4 is 11.7 Å². The Labute approximate surface area is 209 Å². The molecule has 3 N–H and O–H groups in total. The first-order valence-electron chi connectivity index (χ1n) is 12.6. The normalized spacial score (nSPS) is 29.6. The lowest BCUT2D eigenvalue weighted by Gasteiger charge is -2.38. The van der Waals surface area contributed by atoms with Crippen molar-refractivity contribution < 1.29 is 22.7 Å². The SMILES string of the molecule is CC1=CC(c2nnc(NC3CCC4(CC4)C(O)C3)o2)=NC2C(C(C)(C)C)=CC(NCC(F)(F)F)=CC12. The Morgan fingerprint density at radius 3 is 2.53 bits per heavy atom. The number of aliphatic imine (C=N–C) groups is 1. The van der Waals surface area contributed by atoms with Crippen molar-refractivity contribution in [1.82, 2.24) is 15.5 Å². The van der Waals surface area contributed by atoms with Gasteiger partial charge >= 0.3 is 12.2 Å². The number of alkyl halides is 3. The van der Waals surface area contributed by atoms with Crippen molar-refractivity contribution in [2.24, 2.45) is 21.7 Å². The molecule has 2 saturated carbocycles. The highest BCUT2D eigenvalue weighted by Crippen LogP contribution is 2.56.